The molecule has 1 atom stereocenters. The van der Waals surface area contributed by atoms with E-state index < -0.39 is 12.6 Å². The van der Waals surface area contributed by atoms with Crippen LogP contribution in [0.3, 0.4) is 0 Å². The molecule has 6 heteroatoms. The number of hydrazine groups is 1. The lowest BCUT2D eigenvalue weighted by atomic mass is 10.00. The lowest BCUT2D eigenvalue weighted by Gasteiger charge is -2.17. The second-order valence-corrected chi connectivity index (χ2v) is 5.09. The van der Waals surface area contributed by atoms with Gasteiger partial charge in [0.1, 0.15) is 0 Å². The lowest BCUT2D eigenvalue weighted by Crippen LogP contribution is -2.28. The Hall–Kier alpha value is -0.590. The summed E-state index contributed by atoms with van der Waals surface area (Å²) < 4.78 is 37.2. The zero-order valence-corrected chi connectivity index (χ0v) is 11.6. The summed E-state index contributed by atoms with van der Waals surface area (Å²) in [6.45, 7) is 1.93. The summed E-state index contributed by atoms with van der Waals surface area (Å²) in [5.41, 5.74) is 4.50. The molecule has 0 aromatic heterocycles. The Morgan fingerprint density at radius 2 is 2.06 bits per heavy atom. The van der Waals surface area contributed by atoms with Crippen LogP contribution in [0.1, 0.15) is 36.4 Å². The van der Waals surface area contributed by atoms with Crippen molar-refractivity contribution < 1.29 is 13.2 Å². The predicted octanol–water partition coefficient (Wildman–Crippen LogP) is 3.99. The Kier molecular flexibility index (Phi) is 5.62. The lowest BCUT2D eigenvalue weighted by molar-refractivity contribution is -0.135. The Bertz CT molecular complexity index is 393. The quantitative estimate of drug-likeness (QED) is 0.634. The minimum Gasteiger partial charge on any atom is -0.271 e. The van der Waals surface area contributed by atoms with Crippen molar-refractivity contribution >= 4 is 15.9 Å². The number of nitrogens with two attached hydrogens (primary N) is 1. The first-order valence-corrected chi connectivity index (χ1v) is 6.41. The van der Waals surface area contributed by atoms with Gasteiger partial charge in [0.15, 0.2) is 0 Å². The van der Waals surface area contributed by atoms with E-state index in [-0.39, 0.29) is 12.5 Å². The molecular weight excluding hydrogens is 309 g/mol. The maximum Gasteiger partial charge on any atom is 0.389 e. The fourth-order valence-corrected chi connectivity index (χ4v) is 1.98. The van der Waals surface area contributed by atoms with Gasteiger partial charge in [-0.3, -0.25) is 11.3 Å². The number of hydrogen-bond acceptors (Lipinski definition) is 2. The molecule has 102 valence electrons. The molecular formula is C12H16BrF3N2. The van der Waals surface area contributed by atoms with Crippen LogP contribution in [0.15, 0.2) is 22.7 Å². The summed E-state index contributed by atoms with van der Waals surface area (Å²) in [5, 5.41) is 0. The van der Waals surface area contributed by atoms with Gasteiger partial charge in [-0.2, -0.15) is 13.2 Å². The van der Waals surface area contributed by atoms with Gasteiger partial charge >= 0.3 is 6.18 Å². The molecule has 0 saturated carbocycles. The van der Waals surface area contributed by atoms with E-state index in [4.69, 9.17) is 5.84 Å². The minimum atomic E-state index is -4.10. The normalized spacial score (nSPS) is 13.7. The number of aryl methyl sites for hydroxylation is 1. The number of benzene rings is 1. The molecule has 0 fully saturated rings. The van der Waals surface area contributed by atoms with Gasteiger partial charge < -0.3 is 0 Å². The van der Waals surface area contributed by atoms with Crippen LogP contribution in [-0.2, 0) is 0 Å². The highest BCUT2D eigenvalue weighted by molar-refractivity contribution is 9.10. The van der Waals surface area contributed by atoms with Crippen LogP contribution in [0.4, 0.5) is 13.2 Å². The molecule has 0 aliphatic rings. The van der Waals surface area contributed by atoms with Gasteiger partial charge in [0.25, 0.3) is 0 Å². The summed E-state index contributed by atoms with van der Waals surface area (Å²) in [6.07, 6.45) is -4.46. The van der Waals surface area contributed by atoms with Crippen molar-refractivity contribution in [2.24, 2.45) is 5.84 Å². The molecule has 0 spiro atoms. The van der Waals surface area contributed by atoms with E-state index in [0.29, 0.717) is 6.42 Å². The molecule has 0 amide bonds. The third kappa shape index (κ3) is 4.96. The molecule has 3 N–H and O–H groups in total. The average Bonchev–Trinajstić information content (AvgIpc) is 2.27. The van der Waals surface area contributed by atoms with E-state index >= 15 is 0 Å². The van der Waals surface area contributed by atoms with Crippen molar-refractivity contribution in [2.45, 2.75) is 38.4 Å². The van der Waals surface area contributed by atoms with Gasteiger partial charge in [0.2, 0.25) is 0 Å². The molecule has 1 aromatic carbocycles. The Morgan fingerprint density at radius 1 is 1.39 bits per heavy atom. The third-order valence-corrected chi connectivity index (χ3v) is 3.63. The van der Waals surface area contributed by atoms with Crippen LogP contribution in [0.25, 0.3) is 0 Å². The standard InChI is InChI=1S/C12H16BrF3N2/c1-8-7-9(4-5-10(8)13)11(18-17)3-2-6-12(14,15)16/h4-5,7,11,18H,2-3,6,17H2,1H3. The Labute approximate surface area is 113 Å². The van der Waals surface area contributed by atoms with Gasteiger partial charge in [-0.15, -0.1) is 0 Å². The smallest absolute Gasteiger partial charge is 0.271 e. The number of nitrogens with one attached hydrogen (secondary N) is 1. The molecule has 1 rings (SSSR count). The maximum absolute atomic E-state index is 12.1. The predicted molar refractivity (Wildman–Crippen MR) is 68.8 cm³/mol. The number of hydrogen-bond donors (Lipinski definition) is 2. The molecule has 0 bridgehead atoms. The summed E-state index contributed by atoms with van der Waals surface area (Å²) in [5.74, 6) is 5.40. The monoisotopic (exact) mass is 324 g/mol. The van der Waals surface area contributed by atoms with Gasteiger partial charge in [0.05, 0.1) is 0 Å². The highest BCUT2D eigenvalue weighted by Gasteiger charge is 2.26. The fourth-order valence-electron chi connectivity index (χ4n) is 1.74. The first-order chi connectivity index (χ1) is 8.33. The van der Waals surface area contributed by atoms with E-state index in [9.17, 15) is 13.2 Å². The molecule has 0 radical (unpaired) electrons. The zero-order chi connectivity index (χ0) is 13.8. The molecule has 0 heterocycles. The number of alkyl halides is 3. The number of rotatable bonds is 5. The largest absolute Gasteiger partial charge is 0.389 e. The highest BCUT2D eigenvalue weighted by atomic mass is 79.9. The van der Waals surface area contributed by atoms with E-state index in [1.807, 2.05) is 25.1 Å². The van der Waals surface area contributed by atoms with Gasteiger partial charge in [0, 0.05) is 16.9 Å². The van der Waals surface area contributed by atoms with Gasteiger partial charge in [-0.05, 0) is 37.0 Å². The SMILES string of the molecule is Cc1cc(C(CCCC(F)(F)F)NN)ccc1Br. The van der Waals surface area contributed by atoms with Gasteiger partial charge in [-0.25, -0.2) is 0 Å². The van der Waals surface area contributed by atoms with E-state index in [0.717, 1.165) is 15.6 Å². The third-order valence-electron chi connectivity index (χ3n) is 2.74. The Balaban J connectivity index is 2.63. The first kappa shape index (κ1) is 15.5. The molecule has 0 aliphatic heterocycles. The van der Waals surface area contributed by atoms with Crippen LogP contribution in [0, 0.1) is 6.92 Å². The van der Waals surface area contributed by atoms with Crippen LogP contribution in [0.5, 0.6) is 0 Å². The average molecular weight is 325 g/mol. The highest BCUT2D eigenvalue weighted by Crippen LogP contribution is 2.27. The minimum absolute atomic E-state index is 0.0630. The van der Waals surface area contributed by atoms with Crippen LogP contribution < -0.4 is 11.3 Å². The Morgan fingerprint density at radius 3 is 2.56 bits per heavy atom. The van der Waals surface area contributed by atoms with E-state index in [1.165, 1.54) is 0 Å². The van der Waals surface area contributed by atoms with Crippen LogP contribution in [0.2, 0.25) is 0 Å². The first-order valence-electron chi connectivity index (χ1n) is 5.62. The topological polar surface area (TPSA) is 38.0 Å². The summed E-state index contributed by atoms with van der Waals surface area (Å²) in [6, 6.07) is 5.40. The zero-order valence-electron chi connectivity index (χ0n) is 10.0. The summed E-state index contributed by atoms with van der Waals surface area (Å²) >= 11 is 3.38. The molecule has 1 aromatic rings. The molecule has 0 saturated heterocycles. The maximum atomic E-state index is 12.1. The van der Waals surface area contributed by atoms with Crippen molar-refractivity contribution in [3.8, 4) is 0 Å². The van der Waals surface area contributed by atoms with E-state index in [1.54, 1.807) is 0 Å². The number of halogens is 4. The molecule has 2 nitrogen and oxygen atoms in total. The fraction of sp³-hybridized carbons (Fsp3) is 0.500. The summed E-state index contributed by atoms with van der Waals surface area (Å²) in [4.78, 5) is 0. The van der Waals surface area contributed by atoms with Gasteiger partial charge in [-0.1, -0.05) is 28.1 Å². The van der Waals surface area contributed by atoms with Crippen molar-refractivity contribution in [1.29, 1.82) is 0 Å². The second-order valence-electron chi connectivity index (χ2n) is 4.24. The van der Waals surface area contributed by atoms with Crippen molar-refractivity contribution in [1.82, 2.24) is 5.43 Å². The molecule has 0 aliphatic carbocycles. The molecule has 1 unspecified atom stereocenters. The van der Waals surface area contributed by atoms with Crippen molar-refractivity contribution in [3.63, 3.8) is 0 Å². The van der Waals surface area contributed by atoms with E-state index in [2.05, 4.69) is 21.4 Å². The molecule has 18 heavy (non-hydrogen) atoms. The summed E-state index contributed by atoms with van der Waals surface area (Å²) in [7, 11) is 0. The second kappa shape index (κ2) is 6.54. The van der Waals surface area contributed by atoms with Crippen LogP contribution >= 0.6 is 15.9 Å². The van der Waals surface area contributed by atoms with Crippen LogP contribution in [-0.4, -0.2) is 6.18 Å². The van der Waals surface area contributed by atoms with Crippen molar-refractivity contribution in [2.75, 3.05) is 0 Å². The van der Waals surface area contributed by atoms with Crippen molar-refractivity contribution in [3.05, 3.63) is 33.8 Å².